The van der Waals surface area contributed by atoms with Crippen LogP contribution in [-0.2, 0) is 0 Å². The van der Waals surface area contributed by atoms with Crippen molar-refractivity contribution >= 4 is 11.7 Å². The zero-order valence-corrected chi connectivity index (χ0v) is 14.3. The summed E-state index contributed by atoms with van der Waals surface area (Å²) in [5.74, 6) is 0.426. The molecule has 0 radical (unpaired) electrons. The van der Waals surface area contributed by atoms with Crippen molar-refractivity contribution < 1.29 is 13.9 Å². The number of carbonyl (C=O) groups is 1. The molecule has 0 bridgehead atoms. The van der Waals surface area contributed by atoms with Gasteiger partial charge >= 0.3 is 6.03 Å². The zero-order valence-electron chi connectivity index (χ0n) is 14.3. The molecule has 3 rings (SSSR count). The highest BCUT2D eigenvalue weighted by molar-refractivity contribution is 5.89. The Balaban J connectivity index is 1.42. The molecule has 1 aliphatic carbocycles. The van der Waals surface area contributed by atoms with Gasteiger partial charge in [-0.05, 0) is 74.6 Å². The average Bonchev–Trinajstić information content (AvgIpc) is 2.59. The number of aryl methyl sites for hydroxylation is 1. The molecule has 0 saturated heterocycles. The van der Waals surface area contributed by atoms with Gasteiger partial charge < -0.3 is 15.4 Å². The fraction of sp³-hybridized carbons (Fsp3) is 0.350. The molecule has 0 aromatic heterocycles. The van der Waals surface area contributed by atoms with Crippen molar-refractivity contribution in [3.8, 4) is 5.75 Å². The molecule has 5 heteroatoms. The van der Waals surface area contributed by atoms with Crippen molar-refractivity contribution in [1.82, 2.24) is 5.32 Å². The number of halogens is 1. The lowest BCUT2D eigenvalue weighted by molar-refractivity contribution is 0.141. The maximum absolute atomic E-state index is 12.9. The maximum Gasteiger partial charge on any atom is 0.319 e. The molecule has 0 unspecified atom stereocenters. The fourth-order valence-corrected chi connectivity index (χ4v) is 3.11. The maximum atomic E-state index is 12.9. The molecule has 2 amide bonds. The van der Waals surface area contributed by atoms with Crippen LogP contribution in [0.4, 0.5) is 14.9 Å². The minimum Gasteiger partial charge on any atom is -0.490 e. The second kappa shape index (κ2) is 8.01. The van der Waals surface area contributed by atoms with E-state index in [-0.39, 0.29) is 24.0 Å². The van der Waals surface area contributed by atoms with Crippen LogP contribution in [0, 0.1) is 12.7 Å². The number of nitrogens with one attached hydrogen (secondary N) is 2. The van der Waals surface area contributed by atoms with E-state index in [1.807, 2.05) is 31.2 Å². The normalized spacial score (nSPS) is 19.9. The lowest BCUT2D eigenvalue weighted by Gasteiger charge is -2.29. The molecule has 1 fully saturated rings. The number of anilines is 1. The van der Waals surface area contributed by atoms with Gasteiger partial charge in [-0.15, -0.1) is 0 Å². The third-order valence-corrected chi connectivity index (χ3v) is 4.40. The first kappa shape index (κ1) is 17.3. The van der Waals surface area contributed by atoms with Crippen LogP contribution in [0.1, 0.15) is 31.2 Å². The second-order valence-electron chi connectivity index (χ2n) is 6.51. The first-order valence-corrected chi connectivity index (χ1v) is 8.65. The van der Waals surface area contributed by atoms with Crippen LogP contribution in [0.2, 0.25) is 0 Å². The van der Waals surface area contributed by atoms with Crippen LogP contribution in [0.3, 0.4) is 0 Å². The van der Waals surface area contributed by atoms with E-state index < -0.39 is 0 Å². The van der Waals surface area contributed by atoms with Crippen molar-refractivity contribution in [2.24, 2.45) is 0 Å². The number of carbonyl (C=O) groups excluding carboxylic acids is 1. The van der Waals surface area contributed by atoms with Gasteiger partial charge in [0.1, 0.15) is 11.6 Å². The van der Waals surface area contributed by atoms with Crippen molar-refractivity contribution in [2.75, 3.05) is 5.32 Å². The summed E-state index contributed by atoms with van der Waals surface area (Å²) in [6.45, 7) is 1.99. The lowest BCUT2D eigenvalue weighted by Crippen LogP contribution is -2.41. The van der Waals surface area contributed by atoms with Crippen molar-refractivity contribution in [3.05, 3.63) is 59.9 Å². The second-order valence-corrected chi connectivity index (χ2v) is 6.51. The Morgan fingerprint density at radius 2 is 1.80 bits per heavy atom. The van der Waals surface area contributed by atoms with Crippen LogP contribution in [-0.4, -0.2) is 18.2 Å². The van der Waals surface area contributed by atoms with Crippen LogP contribution < -0.4 is 15.4 Å². The van der Waals surface area contributed by atoms with E-state index in [1.165, 1.54) is 12.1 Å². The van der Waals surface area contributed by atoms with Gasteiger partial charge in [-0.3, -0.25) is 0 Å². The summed E-state index contributed by atoms with van der Waals surface area (Å²) in [4.78, 5) is 12.1. The minimum atomic E-state index is -0.264. The van der Waals surface area contributed by atoms with Crippen molar-refractivity contribution in [3.63, 3.8) is 0 Å². The van der Waals surface area contributed by atoms with Gasteiger partial charge in [0, 0.05) is 11.7 Å². The largest absolute Gasteiger partial charge is 0.490 e. The Labute approximate surface area is 147 Å². The number of ether oxygens (including phenoxy) is 1. The van der Waals surface area contributed by atoms with Crippen molar-refractivity contribution in [1.29, 1.82) is 0 Å². The van der Waals surface area contributed by atoms with E-state index in [9.17, 15) is 9.18 Å². The summed E-state index contributed by atoms with van der Waals surface area (Å²) in [5.41, 5.74) is 1.90. The quantitative estimate of drug-likeness (QED) is 0.850. The highest BCUT2D eigenvalue weighted by Crippen LogP contribution is 2.24. The topological polar surface area (TPSA) is 50.4 Å². The van der Waals surface area contributed by atoms with Crippen LogP contribution in [0.15, 0.2) is 48.5 Å². The predicted molar refractivity (Wildman–Crippen MR) is 96.4 cm³/mol. The Bertz CT molecular complexity index is 710. The van der Waals surface area contributed by atoms with Crippen LogP contribution >= 0.6 is 0 Å². The Kier molecular flexibility index (Phi) is 5.53. The number of hydrogen-bond acceptors (Lipinski definition) is 2. The van der Waals surface area contributed by atoms with Gasteiger partial charge in [0.2, 0.25) is 0 Å². The summed E-state index contributed by atoms with van der Waals surface area (Å²) < 4.78 is 18.8. The monoisotopic (exact) mass is 342 g/mol. The van der Waals surface area contributed by atoms with Gasteiger partial charge in [0.05, 0.1) is 6.10 Å². The first-order chi connectivity index (χ1) is 12.1. The van der Waals surface area contributed by atoms with Gasteiger partial charge in [0.15, 0.2) is 0 Å². The van der Waals surface area contributed by atoms with E-state index >= 15 is 0 Å². The lowest BCUT2D eigenvalue weighted by atomic mass is 9.93. The minimum absolute atomic E-state index is 0.114. The summed E-state index contributed by atoms with van der Waals surface area (Å²) in [6, 6.07) is 13.8. The zero-order chi connectivity index (χ0) is 17.6. The molecular formula is C20H23FN2O2. The smallest absolute Gasteiger partial charge is 0.319 e. The molecular weight excluding hydrogens is 319 g/mol. The molecule has 0 aliphatic heterocycles. The van der Waals surface area contributed by atoms with E-state index in [4.69, 9.17) is 4.74 Å². The van der Waals surface area contributed by atoms with Gasteiger partial charge in [-0.1, -0.05) is 12.1 Å². The van der Waals surface area contributed by atoms with Gasteiger partial charge in [0.25, 0.3) is 0 Å². The van der Waals surface area contributed by atoms with Gasteiger partial charge in [-0.2, -0.15) is 0 Å². The summed E-state index contributed by atoms with van der Waals surface area (Å²) in [6.07, 6.45) is 3.59. The Hall–Kier alpha value is -2.56. The molecule has 2 N–H and O–H groups in total. The number of urea groups is 1. The first-order valence-electron chi connectivity index (χ1n) is 8.65. The van der Waals surface area contributed by atoms with E-state index in [1.54, 1.807) is 12.1 Å². The molecule has 1 aliphatic rings. The molecule has 132 valence electrons. The summed E-state index contributed by atoms with van der Waals surface area (Å²) in [7, 11) is 0. The summed E-state index contributed by atoms with van der Waals surface area (Å²) >= 11 is 0. The molecule has 0 spiro atoms. The third kappa shape index (κ3) is 5.21. The number of rotatable bonds is 4. The Morgan fingerprint density at radius 3 is 2.48 bits per heavy atom. The predicted octanol–water partition coefficient (Wildman–Crippen LogP) is 4.65. The number of amides is 2. The average molecular weight is 342 g/mol. The fourth-order valence-electron chi connectivity index (χ4n) is 3.11. The van der Waals surface area contributed by atoms with E-state index in [0.29, 0.717) is 5.75 Å². The molecule has 0 heterocycles. The number of benzene rings is 2. The SMILES string of the molecule is Cc1cccc(NC(=O)N[C@H]2CC[C@@H](Oc3ccc(F)cc3)CC2)c1. The molecule has 2 aromatic rings. The standard InChI is InChI=1S/C20H23FN2O2/c1-14-3-2-4-17(13-14)23-20(24)22-16-7-11-19(12-8-16)25-18-9-5-15(21)6-10-18/h2-6,9-10,13,16,19H,7-8,11-12H2,1H3,(H2,22,23,24)/t16-,19+. The third-order valence-electron chi connectivity index (χ3n) is 4.40. The van der Waals surface area contributed by atoms with Crippen LogP contribution in [0.5, 0.6) is 5.75 Å². The highest BCUT2D eigenvalue weighted by atomic mass is 19.1. The number of hydrogen-bond donors (Lipinski definition) is 2. The molecule has 4 nitrogen and oxygen atoms in total. The van der Waals surface area contributed by atoms with Gasteiger partial charge in [-0.25, -0.2) is 9.18 Å². The Morgan fingerprint density at radius 1 is 1.08 bits per heavy atom. The highest BCUT2D eigenvalue weighted by Gasteiger charge is 2.23. The molecule has 2 aromatic carbocycles. The van der Waals surface area contributed by atoms with Crippen molar-refractivity contribution in [2.45, 2.75) is 44.8 Å². The molecule has 0 atom stereocenters. The molecule has 25 heavy (non-hydrogen) atoms. The summed E-state index contributed by atoms with van der Waals surface area (Å²) in [5, 5.41) is 5.89. The molecule has 1 saturated carbocycles. The van der Waals surface area contributed by atoms with E-state index in [2.05, 4.69) is 10.6 Å². The van der Waals surface area contributed by atoms with Crippen LogP contribution in [0.25, 0.3) is 0 Å². The van der Waals surface area contributed by atoms with E-state index in [0.717, 1.165) is 36.9 Å².